The van der Waals surface area contributed by atoms with E-state index in [1.165, 1.54) is 35.6 Å². The van der Waals surface area contributed by atoms with E-state index in [1.807, 2.05) is 20.8 Å². The highest BCUT2D eigenvalue weighted by Gasteiger charge is 2.31. The number of ketones is 2. The normalized spacial score (nSPS) is 14.4. The number of nitrogens with zero attached hydrogens (tertiary/aromatic N) is 1. The number of rotatable bonds is 7. The van der Waals surface area contributed by atoms with E-state index in [2.05, 4.69) is 0 Å². The lowest BCUT2D eigenvalue weighted by atomic mass is 10.00. The Bertz CT molecular complexity index is 1170. The van der Waals surface area contributed by atoms with Crippen molar-refractivity contribution in [2.45, 2.75) is 71.8 Å². The predicted octanol–water partition coefficient (Wildman–Crippen LogP) is 4.15. The molecule has 2 aromatic rings. The molecule has 0 spiro atoms. The average Bonchev–Trinajstić information content (AvgIpc) is 3.23. The zero-order valence-corrected chi connectivity index (χ0v) is 22.9. The van der Waals surface area contributed by atoms with Gasteiger partial charge in [-0.2, -0.15) is 0 Å². The van der Waals surface area contributed by atoms with Crippen molar-refractivity contribution in [1.29, 1.82) is 0 Å². The zero-order valence-electron chi connectivity index (χ0n) is 22.1. The van der Waals surface area contributed by atoms with E-state index in [4.69, 9.17) is 19.9 Å². The van der Waals surface area contributed by atoms with Crippen LogP contribution in [0, 0.1) is 0 Å². The fourth-order valence-corrected chi connectivity index (χ4v) is 4.76. The Hall–Kier alpha value is -3.24. The highest BCUT2D eigenvalue weighted by molar-refractivity contribution is 7.14. The maximum Gasteiger partial charge on any atom is 0.410 e. The van der Waals surface area contributed by atoms with Crippen molar-refractivity contribution < 1.29 is 33.4 Å². The lowest BCUT2D eigenvalue weighted by Crippen LogP contribution is -2.39. The summed E-state index contributed by atoms with van der Waals surface area (Å²) >= 11 is 1.30. The van der Waals surface area contributed by atoms with Gasteiger partial charge in [-0.1, -0.05) is 0 Å². The van der Waals surface area contributed by atoms with E-state index in [0.717, 1.165) is 10.4 Å². The Kier molecular flexibility index (Phi) is 8.44. The molecule has 0 aliphatic carbocycles. The monoisotopic (exact) mass is 530 g/mol. The van der Waals surface area contributed by atoms with Crippen molar-refractivity contribution in [2.75, 3.05) is 13.2 Å². The summed E-state index contributed by atoms with van der Waals surface area (Å²) in [5.41, 5.74) is 5.96. The maximum absolute atomic E-state index is 13.0. The van der Waals surface area contributed by atoms with E-state index in [9.17, 15) is 19.2 Å². The Morgan fingerprint density at radius 1 is 0.973 bits per heavy atom. The zero-order chi connectivity index (χ0) is 27.5. The third-order valence-electron chi connectivity index (χ3n) is 5.24. The number of carbonyl (C=O) groups is 4. The van der Waals surface area contributed by atoms with Gasteiger partial charge in [0.25, 0.3) is 0 Å². The molecule has 2 N–H and O–H groups in total. The molecule has 1 aliphatic heterocycles. The van der Waals surface area contributed by atoms with Crippen molar-refractivity contribution in [1.82, 2.24) is 4.90 Å². The number of carbonyl (C=O) groups excluding carboxylic acids is 4. The van der Waals surface area contributed by atoms with Gasteiger partial charge in [0.2, 0.25) is 0 Å². The first-order valence-electron chi connectivity index (χ1n) is 12.0. The molecule has 1 aromatic heterocycles. The molecular formula is C27H34N2O7S. The summed E-state index contributed by atoms with van der Waals surface area (Å²) in [4.78, 5) is 53.1. The Balaban J connectivity index is 1.60. The molecule has 10 heteroatoms. The maximum atomic E-state index is 13.0. The molecule has 1 atom stereocenters. The number of Topliss-reactive ketones (excluding diaryl/α,β-unsaturated/α-hetero) is 2. The molecule has 9 nitrogen and oxygen atoms in total. The molecule has 2 heterocycles. The molecule has 1 aromatic carbocycles. The second-order valence-electron chi connectivity index (χ2n) is 10.8. The van der Waals surface area contributed by atoms with Crippen molar-refractivity contribution in [3.05, 3.63) is 51.2 Å². The average molecular weight is 531 g/mol. The number of hydrogen-bond donors (Lipinski definition) is 1. The van der Waals surface area contributed by atoms with Crippen LogP contribution in [0.1, 0.15) is 72.0 Å². The van der Waals surface area contributed by atoms with E-state index in [1.54, 1.807) is 31.7 Å². The van der Waals surface area contributed by atoms with Gasteiger partial charge in [0.05, 0.1) is 11.4 Å². The second-order valence-corrected chi connectivity index (χ2v) is 12.0. The van der Waals surface area contributed by atoms with Crippen LogP contribution in [0.4, 0.5) is 4.79 Å². The summed E-state index contributed by atoms with van der Waals surface area (Å²) in [5, 5.41) is 0. The summed E-state index contributed by atoms with van der Waals surface area (Å²) in [6.45, 7) is 11.3. The SMILES string of the molecule is CC(C)(C)OC(=O)COc1ccc(C(=O)C(N)C(=O)c2cc3c(s2)CCN(C(=O)OC(C)(C)C)C3)cc1. The van der Waals surface area contributed by atoms with Gasteiger partial charge in [-0.3, -0.25) is 9.59 Å². The van der Waals surface area contributed by atoms with Crippen LogP contribution in [0.2, 0.25) is 0 Å². The number of nitrogens with two attached hydrogens (primary N) is 1. The standard InChI is InChI=1S/C27H34N2O7S/c1-26(2,3)35-21(30)15-34-18-9-7-16(8-10-18)23(31)22(28)24(32)20-13-17-14-29(12-11-19(17)37-20)25(33)36-27(4,5)6/h7-10,13,22H,11-12,14-15,28H2,1-6H3. The molecule has 0 bridgehead atoms. The van der Waals surface area contributed by atoms with Crippen LogP contribution < -0.4 is 10.5 Å². The lowest BCUT2D eigenvalue weighted by molar-refractivity contribution is -0.157. The third-order valence-corrected chi connectivity index (χ3v) is 6.49. The first-order chi connectivity index (χ1) is 17.1. The first kappa shape index (κ1) is 28.3. The fraction of sp³-hybridized carbons (Fsp3) is 0.481. The Morgan fingerprint density at radius 3 is 2.19 bits per heavy atom. The van der Waals surface area contributed by atoms with E-state index in [0.29, 0.717) is 30.1 Å². The Morgan fingerprint density at radius 2 is 1.59 bits per heavy atom. The molecule has 0 saturated carbocycles. The first-order valence-corrected chi connectivity index (χ1v) is 12.8. The van der Waals surface area contributed by atoms with Crippen molar-refractivity contribution >= 4 is 35.0 Å². The van der Waals surface area contributed by atoms with Gasteiger partial charge in [-0.15, -0.1) is 11.3 Å². The molecule has 1 unspecified atom stereocenters. The van der Waals surface area contributed by atoms with Crippen LogP contribution in [-0.2, 0) is 27.2 Å². The smallest absolute Gasteiger partial charge is 0.410 e. The van der Waals surface area contributed by atoms with Crippen molar-refractivity contribution in [2.24, 2.45) is 5.73 Å². The van der Waals surface area contributed by atoms with Crippen LogP contribution >= 0.6 is 11.3 Å². The molecule has 0 saturated heterocycles. The minimum Gasteiger partial charge on any atom is -0.482 e. The summed E-state index contributed by atoms with van der Waals surface area (Å²) in [5.74, 6) is -1.13. The van der Waals surface area contributed by atoms with Crippen LogP contribution in [-0.4, -0.2) is 58.9 Å². The van der Waals surface area contributed by atoms with Crippen LogP contribution in [0.25, 0.3) is 0 Å². The van der Waals surface area contributed by atoms with Gasteiger partial charge in [0.1, 0.15) is 23.0 Å². The van der Waals surface area contributed by atoms with Crippen molar-refractivity contribution in [3.63, 3.8) is 0 Å². The molecule has 1 aliphatic rings. The minimum atomic E-state index is -1.37. The van der Waals surface area contributed by atoms with Gasteiger partial charge in [-0.25, -0.2) is 9.59 Å². The van der Waals surface area contributed by atoms with E-state index in [-0.39, 0.29) is 12.2 Å². The summed E-state index contributed by atoms with van der Waals surface area (Å²) in [6.07, 6.45) is 0.197. The molecule has 1 amide bonds. The number of amides is 1. The van der Waals surface area contributed by atoms with Crippen molar-refractivity contribution in [3.8, 4) is 5.75 Å². The van der Waals surface area contributed by atoms with E-state index < -0.39 is 40.9 Å². The van der Waals surface area contributed by atoms with Gasteiger partial charge < -0.3 is 24.8 Å². The molecule has 0 radical (unpaired) electrons. The van der Waals surface area contributed by atoms with Crippen LogP contribution in [0.3, 0.4) is 0 Å². The Labute approximate surface area is 220 Å². The van der Waals surface area contributed by atoms with E-state index >= 15 is 0 Å². The quantitative estimate of drug-likeness (QED) is 0.321. The van der Waals surface area contributed by atoms with Gasteiger partial charge in [0, 0.05) is 17.0 Å². The highest BCUT2D eigenvalue weighted by atomic mass is 32.1. The minimum absolute atomic E-state index is 0.253. The number of thiophene rings is 1. The summed E-state index contributed by atoms with van der Waals surface area (Å²) in [7, 11) is 0. The second kappa shape index (κ2) is 11.0. The van der Waals surface area contributed by atoms with Gasteiger partial charge in [0.15, 0.2) is 18.2 Å². The molecule has 37 heavy (non-hydrogen) atoms. The molecule has 0 fully saturated rings. The number of benzene rings is 1. The lowest BCUT2D eigenvalue weighted by Gasteiger charge is -2.29. The number of esters is 1. The van der Waals surface area contributed by atoms with Crippen LogP contribution in [0.15, 0.2) is 30.3 Å². The highest BCUT2D eigenvalue weighted by Crippen LogP contribution is 2.30. The summed E-state index contributed by atoms with van der Waals surface area (Å²) < 4.78 is 16.0. The number of hydrogen-bond acceptors (Lipinski definition) is 9. The number of fused-ring (bicyclic) bond motifs is 1. The third kappa shape index (κ3) is 7.87. The fourth-order valence-electron chi connectivity index (χ4n) is 3.62. The van der Waals surface area contributed by atoms with Gasteiger partial charge >= 0.3 is 12.1 Å². The van der Waals surface area contributed by atoms with Gasteiger partial charge in [-0.05, 0) is 83.9 Å². The molecular weight excluding hydrogens is 496 g/mol. The molecule has 3 rings (SSSR count). The predicted molar refractivity (Wildman–Crippen MR) is 139 cm³/mol. The largest absolute Gasteiger partial charge is 0.482 e. The summed E-state index contributed by atoms with van der Waals surface area (Å²) in [6, 6.07) is 6.40. The topological polar surface area (TPSA) is 125 Å². The number of ether oxygens (including phenoxy) is 3. The molecule has 200 valence electrons. The van der Waals surface area contributed by atoms with Crippen LogP contribution in [0.5, 0.6) is 5.75 Å².